The minimum Gasteiger partial charge on any atom is -0.497 e. The molecule has 3 rings (SSSR count). The normalized spacial score (nSPS) is 18.7. The van der Waals surface area contributed by atoms with E-state index in [1.165, 1.54) is 12.8 Å². The maximum atomic E-state index is 12.6. The van der Waals surface area contributed by atoms with Gasteiger partial charge in [0.15, 0.2) is 0 Å². The van der Waals surface area contributed by atoms with Crippen LogP contribution in [0.2, 0.25) is 0 Å². The fraction of sp³-hybridized carbons (Fsp3) is 0.556. The molecule has 2 heterocycles. The standard InChI is InChI=1S/C18H25N3O3/c1-24-16-8-6-15(7-9-16)21-13-12-20(18(21)23)14-17(22)19-10-4-2-3-5-11-19/h6-9H,2-5,10-14H2,1H3. The first-order valence-electron chi connectivity index (χ1n) is 8.67. The summed E-state index contributed by atoms with van der Waals surface area (Å²) in [7, 11) is 1.62. The topological polar surface area (TPSA) is 53.1 Å². The molecule has 0 radical (unpaired) electrons. The first kappa shape index (κ1) is 16.6. The predicted molar refractivity (Wildman–Crippen MR) is 92.4 cm³/mol. The molecule has 0 unspecified atom stereocenters. The number of likely N-dealkylation sites (tertiary alicyclic amines) is 1. The van der Waals surface area contributed by atoms with Gasteiger partial charge >= 0.3 is 6.03 Å². The van der Waals surface area contributed by atoms with Gasteiger partial charge in [0.2, 0.25) is 5.91 Å². The van der Waals surface area contributed by atoms with Crippen molar-refractivity contribution in [2.24, 2.45) is 0 Å². The summed E-state index contributed by atoms with van der Waals surface area (Å²) in [5.74, 6) is 0.834. The predicted octanol–water partition coefficient (Wildman–Crippen LogP) is 2.34. The second-order valence-corrected chi connectivity index (χ2v) is 6.35. The Bertz CT molecular complexity index is 580. The van der Waals surface area contributed by atoms with E-state index in [1.807, 2.05) is 29.2 Å². The lowest BCUT2D eigenvalue weighted by Crippen LogP contribution is -2.42. The fourth-order valence-corrected chi connectivity index (χ4v) is 3.31. The number of nitrogens with zero attached hydrogens (tertiary/aromatic N) is 3. The van der Waals surface area contributed by atoms with Gasteiger partial charge in [0.05, 0.1) is 7.11 Å². The highest BCUT2D eigenvalue weighted by Crippen LogP contribution is 2.23. The molecule has 0 bridgehead atoms. The van der Waals surface area contributed by atoms with Crippen LogP contribution in [0.1, 0.15) is 25.7 Å². The van der Waals surface area contributed by atoms with Gasteiger partial charge in [-0.3, -0.25) is 9.69 Å². The molecule has 0 spiro atoms. The summed E-state index contributed by atoms with van der Waals surface area (Å²) in [6, 6.07) is 7.33. The summed E-state index contributed by atoms with van der Waals surface area (Å²) >= 11 is 0. The van der Waals surface area contributed by atoms with Gasteiger partial charge in [-0.2, -0.15) is 0 Å². The highest BCUT2D eigenvalue weighted by Gasteiger charge is 2.32. The lowest BCUT2D eigenvalue weighted by molar-refractivity contribution is -0.131. The number of carbonyl (C=O) groups is 2. The molecule has 0 saturated carbocycles. The summed E-state index contributed by atoms with van der Waals surface area (Å²) in [4.78, 5) is 30.4. The Labute approximate surface area is 143 Å². The number of carbonyl (C=O) groups excluding carboxylic acids is 2. The number of anilines is 1. The van der Waals surface area contributed by atoms with Crippen LogP contribution in [-0.4, -0.2) is 61.6 Å². The van der Waals surface area contributed by atoms with E-state index < -0.39 is 0 Å². The van der Waals surface area contributed by atoms with E-state index in [-0.39, 0.29) is 18.5 Å². The zero-order valence-corrected chi connectivity index (χ0v) is 14.2. The van der Waals surface area contributed by atoms with Crippen LogP contribution < -0.4 is 9.64 Å². The monoisotopic (exact) mass is 331 g/mol. The van der Waals surface area contributed by atoms with E-state index >= 15 is 0 Å². The van der Waals surface area contributed by atoms with Gasteiger partial charge in [0.25, 0.3) is 0 Å². The largest absolute Gasteiger partial charge is 0.497 e. The van der Waals surface area contributed by atoms with Crippen molar-refractivity contribution in [2.75, 3.05) is 44.7 Å². The average Bonchev–Trinajstić information content (AvgIpc) is 2.82. The number of hydrogen-bond donors (Lipinski definition) is 0. The smallest absolute Gasteiger partial charge is 0.325 e. The van der Waals surface area contributed by atoms with Crippen LogP contribution in [0.15, 0.2) is 24.3 Å². The molecular weight excluding hydrogens is 306 g/mol. The highest BCUT2D eigenvalue weighted by molar-refractivity contribution is 5.96. The first-order chi connectivity index (χ1) is 11.7. The number of amides is 3. The molecule has 0 aromatic heterocycles. The number of urea groups is 1. The van der Waals surface area contributed by atoms with Gasteiger partial charge in [-0.1, -0.05) is 12.8 Å². The van der Waals surface area contributed by atoms with Crippen molar-refractivity contribution in [3.8, 4) is 5.75 Å². The maximum Gasteiger partial charge on any atom is 0.325 e. The Morgan fingerprint density at radius 3 is 2.29 bits per heavy atom. The molecule has 1 aromatic carbocycles. The molecule has 6 nitrogen and oxygen atoms in total. The van der Waals surface area contributed by atoms with Crippen molar-refractivity contribution in [1.29, 1.82) is 0 Å². The number of methoxy groups -OCH3 is 1. The molecule has 2 fully saturated rings. The molecule has 3 amide bonds. The van der Waals surface area contributed by atoms with Crippen molar-refractivity contribution in [3.05, 3.63) is 24.3 Å². The van der Waals surface area contributed by atoms with Crippen LogP contribution in [0.5, 0.6) is 5.75 Å². The molecule has 1 aromatic rings. The molecule has 2 aliphatic heterocycles. The third-order valence-corrected chi connectivity index (χ3v) is 4.76. The van der Waals surface area contributed by atoms with E-state index in [4.69, 9.17) is 4.74 Å². The summed E-state index contributed by atoms with van der Waals surface area (Å²) in [6.45, 7) is 3.03. The number of hydrogen-bond acceptors (Lipinski definition) is 3. The van der Waals surface area contributed by atoms with Gasteiger partial charge in [0.1, 0.15) is 12.3 Å². The lowest BCUT2D eigenvalue weighted by atomic mass is 10.2. The molecule has 0 aliphatic carbocycles. The molecule has 2 aliphatic rings. The van der Waals surface area contributed by atoms with E-state index in [0.29, 0.717) is 13.1 Å². The fourth-order valence-electron chi connectivity index (χ4n) is 3.31. The van der Waals surface area contributed by atoms with Gasteiger partial charge in [-0.05, 0) is 37.1 Å². The Morgan fingerprint density at radius 2 is 1.67 bits per heavy atom. The van der Waals surface area contributed by atoms with E-state index in [0.717, 1.165) is 37.4 Å². The van der Waals surface area contributed by atoms with E-state index in [1.54, 1.807) is 16.9 Å². The van der Waals surface area contributed by atoms with Crippen LogP contribution >= 0.6 is 0 Å². The van der Waals surface area contributed by atoms with Crippen LogP contribution in [0.3, 0.4) is 0 Å². The first-order valence-corrected chi connectivity index (χ1v) is 8.67. The molecule has 130 valence electrons. The van der Waals surface area contributed by atoms with Crippen molar-refractivity contribution in [1.82, 2.24) is 9.80 Å². The number of rotatable bonds is 4. The third kappa shape index (κ3) is 3.63. The Kier molecular flexibility index (Phi) is 5.23. The number of ether oxygens (including phenoxy) is 1. The maximum absolute atomic E-state index is 12.6. The van der Waals surface area contributed by atoms with Crippen molar-refractivity contribution in [3.63, 3.8) is 0 Å². The zero-order valence-electron chi connectivity index (χ0n) is 14.2. The average molecular weight is 331 g/mol. The van der Waals surface area contributed by atoms with Crippen molar-refractivity contribution in [2.45, 2.75) is 25.7 Å². The van der Waals surface area contributed by atoms with Gasteiger partial charge in [-0.25, -0.2) is 4.79 Å². The molecule has 6 heteroatoms. The second-order valence-electron chi connectivity index (χ2n) is 6.35. The lowest BCUT2D eigenvalue weighted by Gasteiger charge is -2.24. The Hall–Kier alpha value is -2.24. The summed E-state index contributed by atoms with van der Waals surface area (Å²) in [5.41, 5.74) is 0.838. The molecule has 0 atom stereocenters. The Balaban J connectivity index is 1.59. The van der Waals surface area contributed by atoms with Gasteiger partial charge in [-0.15, -0.1) is 0 Å². The zero-order chi connectivity index (χ0) is 16.9. The quantitative estimate of drug-likeness (QED) is 0.851. The van der Waals surface area contributed by atoms with Crippen molar-refractivity contribution < 1.29 is 14.3 Å². The Morgan fingerprint density at radius 1 is 1.00 bits per heavy atom. The summed E-state index contributed by atoms with van der Waals surface area (Å²) < 4.78 is 5.15. The van der Waals surface area contributed by atoms with Crippen LogP contribution in [0, 0.1) is 0 Å². The summed E-state index contributed by atoms with van der Waals surface area (Å²) in [6.07, 6.45) is 4.52. The van der Waals surface area contributed by atoms with Crippen molar-refractivity contribution >= 4 is 17.6 Å². The van der Waals surface area contributed by atoms with E-state index in [9.17, 15) is 9.59 Å². The molecular formula is C18H25N3O3. The number of benzene rings is 1. The summed E-state index contributed by atoms with van der Waals surface area (Å²) in [5, 5.41) is 0. The van der Waals surface area contributed by atoms with Gasteiger partial charge in [0, 0.05) is 31.9 Å². The van der Waals surface area contributed by atoms with Crippen LogP contribution in [0.25, 0.3) is 0 Å². The molecule has 0 N–H and O–H groups in total. The van der Waals surface area contributed by atoms with Crippen LogP contribution in [-0.2, 0) is 4.79 Å². The molecule has 24 heavy (non-hydrogen) atoms. The second kappa shape index (κ2) is 7.55. The third-order valence-electron chi connectivity index (χ3n) is 4.76. The molecule has 2 saturated heterocycles. The van der Waals surface area contributed by atoms with E-state index in [2.05, 4.69) is 0 Å². The minimum atomic E-state index is -0.0941. The van der Waals surface area contributed by atoms with Crippen LogP contribution in [0.4, 0.5) is 10.5 Å². The minimum absolute atomic E-state index is 0.0711. The highest BCUT2D eigenvalue weighted by atomic mass is 16.5. The SMILES string of the molecule is COc1ccc(N2CCN(CC(=O)N3CCCCCC3)C2=O)cc1. The van der Waals surface area contributed by atoms with Gasteiger partial charge < -0.3 is 14.5 Å².